The number of carboxylic acid groups (broad SMARTS) is 1. The number of aliphatic carboxylic acids is 1. The molecule has 7 nitrogen and oxygen atoms in total. The van der Waals surface area contributed by atoms with Crippen molar-refractivity contribution in [2.45, 2.75) is 38.8 Å². The zero-order valence-corrected chi connectivity index (χ0v) is 10.5. The van der Waals surface area contributed by atoms with Gasteiger partial charge < -0.3 is 21.1 Å². The highest BCUT2D eigenvalue weighted by Gasteiger charge is 2.25. The summed E-state index contributed by atoms with van der Waals surface area (Å²) in [5.41, 5.74) is 0. The first kappa shape index (κ1) is 14.3. The fourth-order valence-corrected chi connectivity index (χ4v) is 1.74. The minimum Gasteiger partial charge on any atom is -0.480 e. The summed E-state index contributed by atoms with van der Waals surface area (Å²) in [5.74, 6) is -1.28. The minimum atomic E-state index is -1.06. The van der Waals surface area contributed by atoms with E-state index in [1.165, 1.54) is 0 Å². The molecule has 3 amide bonds. The van der Waals surface area contributed by atoms with Gasteiger partial charge in [-0.05, 0) is 12.3 Å². The molecule has 0 aliphatic carbocycles. The molecule has 0 aromatic heterocycles. The summed E-state index contributed by atoms with van der Waals surface area (Å²) < 4.78 is 0. The van der Waals surface area contributed by atoms with E-state index in [0.717, 1.165) is 0 Å². The predicted octanol–water partition coefficient (Wildman–Crippen LogP) is -0.327. The second-order valence-corrected chi connectivity index (χ2v) is 4.72. The van der Waals surface area contributed by atoms with Gasteiger partial charge in [-0.3, -0.25) is 4.79 Å². The lowest BCUT2D eigenvalue weighted by molar-refractivity contribution is -0.140. The fraction of sp³-hybridized carbons (Fsp3) is 0.727. The van der Waals surface area contributed by atoms with Gasteiger partial charge in [0.1, 0.15) is 6.04 Å². The molecule has 0 bridgehead atoms. The molecule has 0 aromatic rings. The summed E-state index contributed by atoms with van der Waals surface area (Å²) in [6, 6.07) is -1.58. The molecule has 0 radical (unpaired) electrons. The Kier molecular flexibility index (Phi) is 4.94. The number of carbonyl (C=O) groups is 3. The van der Waals surface area contributed by atoms with Gasteiger partial charge in [-0.1, -0.05) is 13.8 Å². The summed E-state index contributed by atoms with van der Waals surface area (Å²) in [7, 11) is 0. The van der Waals surface area contributed by atoms with Crippen molar-refractivity contribution in [1.82, 2.24) is 16.0 Å². The number of amides is 3. The standard InChI is InChI=1S/C11H19N3O4/c1-6(2)9(10(16)17)14-11(18)13-7-3-4-8(15)12-5-7/h6-7,9H,3-5H2,1-2H3,(H,12,15)(H,16,17)(H2,13,14,18)/t7?,9-/m1/s1. The quantitative estimate of drug-likeness (QED) is 0.553. The van der Waals surface area contributed by atoms with Crippen molar-refractivity contribution in [2.75, 3.05) is 6.54 Å². The average Bonchev–Trinajstić information content (AvgIpc) is 2.28. The molecule has 18 heavy (non-hydrogen) atoms. The van der Waals surface area contributed by atoms with Crippen molar-refractivity contribution in [1.29, 1.82) is 0 Å². The maximum atomic E-state index is 11.6. The number of rotatable bonds is 4. The first-order valence-corrected chi connectivity index (χ1v) is 5.96. The van der Waals surface area contributed by atoms with E-state index < -0.39 is 18.0 Å². The number of piperidine rings is 1. The number of nitrogens with one attached hydrogen (secondary N) is 3. The van der Waals surface area contributed by atoms with Gasteiger partial charge in [-0.2, -0.15) is 0 Å². The highest BCUT2D eigenvalue weighted by Crippen LogP contribution is 2.04. The van der Waals surface area contributed by atoms with Crippen LogP contribution in [-0.4, -0.2) is 41.6 Å². The second-order valence-electron chi connectivity index (χ2n) is 4.72. The van der Waals surface area contributed by atoms with Crippen molar-refractivity contribution in [3.8, 4) is 0 Å². The van der Waals surface area contributed by atoms with Crippen LogP contribution in [0.1, 0.15) is 26.7 Å². The maximum absolute atomic E-state index is 11.6. The Morgan fingerprint density at radius 1 is 1.44 bits per heavy atom. The molecule has 1 fully saturated rings. The Labute approximate surface area is 105 Å². The van der Waals surface area contributed by atoms with Gasteiger partial charge in [-0.25, -0.2) is 9.59 Å². The summed E-state index contributed by atoms with van der Waals surface area (Å²) in [5, 5.41) is 16.6. The molecule has 1 aliphatic rings. The van der Waals surface area contributed by atoms with Crippen LogP contribution in [0.15, 0.2) is 0 Å². The van der Waals surface area contributed by atoms with E-state index in [1.807, 2.05) is 0 Å². The molecule has 0 saturated carbocycles. The predicted molar refractivity (Wildman–Crippen MR) is 64.0 cm³/mol. The van der Waals surface area contributed by atoms with Crippen LogP contribution in [0.4, 0.5) is 4.79 Å². The Balaban J connectivity index is 2.41. The normalized spacial score (nSPS) is 21.1. The first-order valence-electron chi connectivity index (χ1n) is 5.96. The number of hydrogen-bond donors (Lipinski definition) is 4. The third kappa shape index (κ3) is 4.23. The molecule has 1 unspecified atom stereocenters. The van der Waals surface area contributed by atoms with Crippen LogP contribution < -0.4 is 16.0 Å². The third-order valence-electron chi connectivity index (χ3n) is 2.82. The number of carbonyl (C=O) groups excluding carboxylic acids is 2. The lowest BCUT2D eigenvalue weighted by Gasteiger charge is -2.25. The van der Waals surface area contributed by atoms with E-state index >= 15 is 0 Å². The smallest absolute Gasteiger partial charge is 0.326 e. The van der Waals surface area contributed by atoms with Crippen molar-refractivity contribution >= 4 is 17.9 Å². The van der Waals surface area contributed by atoms with Crippen molar-refractivity contribution in [3.63, 3.8) is 0 Å². The molecular formula is C11H19N3O4. The molecule has 1 rings (SSSR count). The summed E-state index contributed by atoms with van der Waals surface area (Å²) in [4.78, 5) is 33.5. The Hall–Kier alpha value is -1.79. The SMILES string of the molecule is CC(C)[C@@H](NC(=O)NC1CCC(=O)NC1)C(=O)O. The van der Waals surface area contributed by atoms with Crippen molar-refractivity contribution < 1.29 is 19.5 Å². The van der Waals surface area contributed by atoms with Crippen molar-refractivity contribution in [3.05, 3.63) is 0 Å². The van der Waals surface area contributed by atoms with E-state index in [0.29, 0.717) is 19.4 Å². The van der Waals surface area contributed by atoms with E-state index in [2.05, 4.69) is 16.0 Å². The topological polar surface area (TPSA) is 108 Å². The Bertz CT molecular complexity index is 333. The third-order valence-corrected chi connectivity index (χ3v) is 2.82. The van der Waals surface area contributed by atoms with Gasteiger partial charge >= 0.3 is 12.0 Å². The Morgan fingerprint density at radius 3 is 2.56 bits per heavy atom. The van der Waals surface area contributed by atoms with Gasteiger partial charge in [0.15, 0.2) is 0 Å². The number of hydrogen-bond acceptors (Lipinski definition) is 3. The lowest BCUT2D eigenvalue weighted by Crippen LogP contribution is -2.54. The largest absolute Gasteiger partial charge is 0.480 e. The van der Waals surface area contributed by atoms with Gasteiger partial charge in [0.2, 0.25) is 5.91 Å². The van der Waals surface area contributed by atoms with Crippen LogP contribution in [0.5, 0.6) is 0 Å². The van der Waals surface area contributed by atoms with Crippen LogP contribution >= 0.6 is 0 Å². The van der Waals surface area contributed by atoms with E-state index in [1.54, 1.807) is 13.8 Å². The number of urea groups is 1. The van der Waals surface area contributed by atoms with Gasteiger partial charge in [0.25, 0.3) is 0 Å². The summed E-state index contributed by atoms with van der Waals surface area (Å²) in [6.45, 7) is 3.82. The monoisotopic (exact) mass is 257 g/mol. The molecule has 4 N–H and O–H groups in total. The first-order chi connectivity index (χ1) is 8.40. The average molecular weight is 257 g/mol. The highest BCUT2D eigenvalue weighted by molar-refractivity contribution is 5.83. The van der Waals surface area contributed by atoms with E-state index in [-0.39, 0.29) is 17.9 Å². The molecule has 1 aliphatic heterocycles. The summed E-state index contributed by atoms with van der Waals surface area (Å²) in [6.07, 6.45) is 0.941. The second kappa shape index (κ2) is 6.23. The molecule has 1 heterocycles. The van der Waals surface area contributed by atoms with Gasteiger partial charge in [0, 0.05) is 19.0 Å². The highest BCUT2D eigenvalue weighted by atomic mass is 16.4. The summed E-state index contributed by atoms with van der Waals surface area (Å²) >= 11 is 0. The zero-order valence-electron chi connectivity index (χ0n) is 10.5. The van der Waals surface area contributed by atoms with Gasteiger partial charge in [-0.15, -0.1) is 0 Å². The van der Waals surface area contributed by atoms with E-state index in [4.69, 9.17) is 5.11 Å². The maximum Gasteiger partial charge on any atom is 0.326 e. The fourth-order valence-electron chi connectivity index (χ4n) is 1.74. The molecule has 1 saturated heterocycles. The minimum absolute atomic E-state index is 0.0287. The van der Waals surface area contributed by atoms with Crippen LogP contribution in [0.25, 0.3) is 0 Å². The number of carboxylic acids is 1. The van der Waals surface area contributed by atoms with Crippen molar-refractivity contribution in [2.24, 2.45) is 5.92 Å². The van der Waals surface area contributed by atoms with Crippen LogP contribution in [0, 0.1) is 5.92 Å². The molecule has 0 aromatic carbocycles. The molecular weight excluding hydrogens is 238 g/mol. The zero-order chi connectivity index (χ0) is 13.7. The lowest BCUT2D eigenvalue weighted by atomic mass is 10.0. The molecule has 0 spiro atoms. The van der Waals surface area contributed by atoms with Crippen LogP contribution in [0.3, 0.4) is 0 Å². The van der Waals surface area contributed by atoms with Crippen LogP contribution in [0.2, 0.25) is 0 Å². The molecule has 7 heteroatoms. The Morgan fingerprint density at radius 2 is 2.11 bits per heavy atom. The molecule has 102 valence electrons. The van der Waals surface area contributed by atoms with Gasteiger partial charge in [0.05, 0.1) is 0 Å². The van der Waals surface area contributed by atoms with Crippen LogP contribution in [-0.2, 0) is 9.59 Å². The van der Waals surface area contributed by atoms with E-state index in [9.17, 15) is 14.4 Å². The molecule has 2 atom stereocenters.